The van der Waals surface area contributed by atoms with Crippen LogP contribution in [0.25, 0.3) is 0 Å². The van der Waals surface area contributed by atoms with Gasteiger partial charge in [0.05, 0.1) is 11.7 Å². The number of phenols is 2. The average molecular weight is 332 g/mol. The molecule has 134 valence electrons. The van der Waals surface area contributed by atoms with Crippen LogP contribution in [0, 0.1) is 0 Å². The molecule has 1 atom stereocenters. The van der Waals surface area contributed by atoms with E-state index in [4.69, 9.17) is 4.74 Å². The SMILES string of the molecule is CCCCCc1cc(O)c(CC=C(C)CCC2OC2(C)C)c(O)c1. The van der Waals surface area contributed by atoms with Crippen LogP contribution in [-0.2, 0) is 17.6 Å². The summed E-state index contributed by atoms with van der Waals surface area (Å²) >= 11 is 0. The minimum Gasteiger partial charge on any atom is -0.508 e. The van der Waals surface area contributed by atoms with Crippen LogP contribution < -0.4 is 0 Å². The summed E-state index contributed by atoms with van der Waals surface area (Å²) in [5.41, 5.74) is 2.95. The maximum absolute atomic E-state index is 10.2. The number of epoxide rings is 1. The van der Waals surface area contributed by atoms with E-state index in [2.05, 4.69) is 33.8 Å². The van der Waals surface area contributed by atoms with Crippen molar-refractivity contribution in [2.24, 2.45) is 0 Å². The Balaban J connectivity index is 1.90. The van der Waals surface area contributed by atoms with E-state index in [0.29, 0.717) is 18.1 Å². The van der Waals surface area contributed by atoms with E-state index in [1.54, 1.807) is 12.1 Å². The molecule has 24 heavy (non-hydrogen) atoms. The topological polar surface area (TPSA) is 53.0 Å². The Bertz CT molecular complexity index is 564. The summed E-state index contributed by atoms with van der Waals surface area (Å²) in [6.07, 6.45) is 9.39. The van der Waals surface area contributed by atoms with E-state index in [9.17, 15) is 10.2 Å². The average Bonchev–Trinajstić information content (AvgIpc) is 3.12. The van der Waals surface area contributed by atoms with Gasteiger partial charge in [0.25, 0.3) is 0 Å². The standard InChI is InChI=1S/C21H32O3/c1-5-6-7-8-16-13-18(22)17(19(23)14-16)11-9-15(2)10-12-20-21(3,4)24-20/h9,13-14,20,22-23H,5-8,10-12H2,1-4H3. The molecule has 1 unspecified atom stereocenters. The number of aromatic hydroxyl groups is 2. The van der Waals surface area contributed by atoms with Crippen molar-refractivity contribution in [2.45, 2.75) is 84.3 Å². The molecular formula is C21H32O3. The molecule has 1 aromatic carbocycles. The highest BCUT2D eigenvalue weighted by atomic mass is 16.6. The molecule has 0 spiro atoms. The molecule has 2 rings (SSSR count). The van der Waals surface area contributed by atoms with Crippen LogP contribution in [0.15, 0.2) is 23.8 Å². The van der Waals surface area contributed by atoms with E-state index >= 15 is 0 Å². The molecular weight excluding hydrogens is 300 g/mol. The summed E-state index contributed by atoms with van der Waals surface area (Å²) < 4.78 is 5.60. The smallest absolute Gasteiger partial charge is 0.123 e. The molecule has 0 amide bonds. The van der Waals surface area contributed by atoms with Gasteiger partial charge < -0.3 is 14.9 Å². The van der Waals surface area contributed by atoms with Crippen LogP contribution in [0.3, 0.4) is 0 Å². The van der Waals surface area contributed by atoms with Crippen molar-refractivity contribution >= 4 is 0 Å². The third-order valence-corrected chi connectivity index (χ3v) is 4.95. The van der Waals surface area contributed by atoms with Gasteiger partial charge in [0.2, 0.25) is 0 Å². The van der Waals surface area contributed by atoms with Crippen LogP contribution in [0.2, 0.25) is 0 Å². The minimum atomic E-state index is 0.0461. The van der Waals surface area contributed by atoms with Crippen molar-refractivity contribution in [2.75, 3.05) is 0 Å². The van der Waals surface area contributed by atoms with Crippen molar-refractivity contribution in [1.29, 1.82) is 0 Å². The third-order valence-electron chi connectivity index (χ3n) is 4.95. The Kier molecular flexibility index (Phi) is 6.34. The number of unbranched alkanes of at least 4 members (excludes halogenated alkanes) is 2. The number of benzene rings is 1. The second-order valence-electron chi connectivity index (χ2n) is 7.57. The zero-order chi connectivity index (χ0) is 17.7. The zero-order valence-corrected chi connectivity index (χ0v) is 15.6. The Labute approximate surface area is 146 Å². The lowest BCUT2D eigenvalue weighted by Crippen LogP contribution is -2.02. The second-order valence-corrected chi connectivity index (χ2v) is 7.57. The van der Waals surface area contributed by atoms with Gasteiger partial charge in [-0.3, -0.25) is 0 Å². The van der Waals surface area contributed by atoms with Gasteiger partial charge in [-0.1, -0.05) is 31.4 Å². The fourth-order valence-corrected chi connectivity index (χ4v) is 3.11. The number of hydrogen-bond acceptors (Lipinski definition) is 3. The molecule has 1 fully saturated rings. The van der Waals surface area contributed by atoms with Gasteiger partial charge in [0, 0.05) is 5.56 Å². The maximum Gasteiger partial charge on any atom is 0.123 e. The van der Waals surface area contributed by atoms with E-state index < -0.39 is 0 Å². The quantitative estimate of drug-likeness (QED) is 0.367. The van der Waals surface area contributed by atoms with Gasteiger partial charge in [0.1, 0.15) is 11.5 Å². The number of allylic oxidation sites excluding steroid dienone is 2. The lowest BCUT2D eigenvalue weighted by atomic mass is 9.99. The van der Waals surface area contributed by atoms with Crippen molar-refractivity contribution in [3.05, 3.63) is 34.9 Å². The van der Waals surface area contributed by atoms with Gasteiger partial charge in [-0.05, 0) is 70.6 Å². The van der Waals surface area contributed by atoms with Crippen LogP contribution in [0.5, 0.6) is 11.5 Å². The molecule has 2 N–H and O–H groups in total. The van der Waals surface area contributed by atoms with Gasteiger partial charge in [-0.2, -0.15) is 0 Å². The number of ether oxygens (including phenoxy) is 1. The zero-order valence-electron chi connectivity index (χ0n) is 15.6. The predicted molar refractivity (Wildman–Crippen MR) is 98.6 cm³/mol. The molecule has 0 aromatic heterocycles. The van der Waals surface area contributed by atoms with Crippen molar-refractivity contribution < 1.29 is 14.9 Å². The van der Waals surface area contributed by atoms with E-state index in [0.717, 1.165) is 31.2 Å². The van der Waals surface area contributed by atoms with Crippen LogP contribution in [0.1, 0.15) is 70.9 Å². The molecule has 1 aliphatic heterocycles. The first kappa shape index (κ1) is 18.9. The minimum absolute atomic E-state index is 0.0461. The normalized spacial score (nSPS) is 19.5. The molecule has 1 aromatic rings. The molecule has 1 saturated heterocycles. The molecule has 0 radical (unpaired) electrons. The predicted octanol–water partition coefficient (Wildman–Crippen LogP) is 5.28. The highest BCUT2D eigenvalue weighted by molar-refractivity contribution is 5.47. The second kappa shape index (κ2) is 8.06. The summed E-state index contributed by atoms with van der Waals surface area (Å²) in [5.74, 6) is 0.411. The van der Waals surface area contributed by atoms with Crippen molar-refractivity contribution in [3.8, 4) is 11.5 Å². The Morgan fingerprint density at radius 3 is 2.38 bits per heavy atom. The first-order valence-electron chi connectivity index (χ1n) is 9.20. The first-order chi connectivity index (χ1) is 11.3. The molecule has 0 bridgehead atoms. The Morgan fingerprint density at radius 2 is 1.83 bits per heavy atom. The molecule has 3 heteroatoms. The van der Waals surface area contributed by atoms with Gasteiger partial charge in [0.15, 0.2) is 0 Å². The lowest BCUT2D eigenvalue weighted by Gasteiger charge is -2.09. The lowest BCUT2D eigenvalue weighted by molar-refractivity contribution is 0.320. The van der Waals surface area contributed by atoms with Crippen LogP contribution >= 0.6 is 0 Å². The van der Waals surface area contributed by atoms with E-state index in [1.807, 2.05) is 0 Å². The fraction of sp³-hybridized carbons (Fsp3) is 0.619. The van der Waals surface area contributed by atoms with Crippen molar-refractivity contribution in [3.63, 3.8) is 0 Å². The summed E-state index contributed by atoms with van der Waals surface area (Å²) in [7, 11) is 0. The molecule has 1 aliphatic rings. The highest BCUT2D eigenvalue weighted by Gasteiger charge is 2.46. The third kappa shape index (κ3) is 5.27. The molecule has 0 aliphatic carbocycles. The van der Waals surface area contributed by atoms with Crippen molar-refractivity contribution in [1.82, 2.24) is 0 Å². The first-order valence-corrected chi connectivity index (χ1v) is 9.20. The largest absolute Gasteiger partial charge is 0.508 e. The van der Waals surface area contributed by atoms with Crippen LogP contribution in [0.4, 0.5) is 0 Å². The monoisotopic (exact) mass is 332 g/mol. The van der Waals surface area contributed by atoms with E-state index in [1.165, 1.54) is 18.4 Å². The highest BCUT2D eigenvalue weighted by Crippen LogP contribution is 2.39. The molecule has 1 heterocycles. The summed E-state index contributed by atoms with van der Waals surface area (Å²) in [6.45, 7) is 8.51. The van der Waals surface area contributed by atoms with Gasteiger partial charge >= 0.3 is 0 Å². The van der Waals surface area contributed by atoms with Gasteiger partial charge in [-0.15, -0.1) is 0 Å². The number of hydrogen-bond donors (Lipinski definition) is 2. The maximum atomic E-state index is 10.2. The van der Waals surface area contributed by atoms with E-state index in [-0.39, 0.29) is 17.1 Å². The Morgan fingerprint density at radius 1 is 1.21 bits per heavy atom. The number of aryl methyl sites for hydroxylation is 1. The van der Waals surface area contributed by atoms with Gasteiger partial charge in [-0.25, -0.2) is 0 Å². The summed E-state index contributed by atoms with van der Waals surface area (Å²) in [6, 6.07) is 3.60. The number of rotatable bonds is 9. The summed E-state index contributed by atoms with van der Waals surface area (Å²) in [4.78, 5) is 0. The number of phenolic OH excluding ortho intramolecular Hbond substituents is 2. The molecule has 0 saturated carbocycles. The van der Waals surface area contributed by atoms with Crippen LogP contribution in [-0.4, -0.2) is 21.9 Å². The Hall–Kier alpha value is -1.48. The molecule has 3 nitrogen and oxygen atoms in total. The summed E-state index contributed by atoms with van der Waals surface area (Å²) in [5, 5.41) is 20.5. The fourth-order valence-electron chi connectivity index (χ4n) is 3.11.